The summed E-state index contributed by atoms with van der Waals surface area (Å²) < 4.78 is 36.6. The van der Waals surface area contributed by atoms with Gasteiger partial charge in [-0.1, -0.05) is 43.0 Å². The topological polar surface area (TPSA) is 99.0 Å². The number of hydrogen-bond acceptors (Lipinski definition) is 6. The summed E-state index contributed by atoms with van der Waals surface area (Å²) in [5.74, 6) is 0.610. The zero-order chi connectivity index (χ0) is 25.1. The summed E-state index contributed by atoms with van der Waals surface area (Å²) >= 11 is 6.48. The Balaban J connectivity index is 1.39. The monoisotopic (exact) mass is 525 g/mol. The smallest absolute Gasteiger partial charge is 0.214 e. The number of fused-ring (bicyclic) bond motifs is 1. The molecule has 36 heavy (non-hydrogen) atoms. The Labute approximate surface area is 215 Å². The van der Waals surface area contributed by atoms with Gasteiger partial charge in [-0.15, -0.1) is 0 Å². The van der Waals surface area contributed by atoms with Crippen molar-refractivity contribution in [1.29, 1.82) is 0 Å². The van der Waals surface area contributed by atoms with Gasteiger partial charge in [-0.3, -0.25) is 4.98 Å². The highest BCUT2D eigenvalue weighted by molar-refractivity contribution is 7.90. The molecule has 1 fully saturated rings. The van der Waals surface area contributed by atoms with Gasteiger partial charge in [0.25, 0.3) is 0 Å². The second-order valence-corrected chi connectivity index (χ2v) is 11.5. The lowest BCUT2D eigenvalue weighted by Crippen LogP contribution is -2.35. The van der Waals surface area contributed by atoms with Gasteiger partial charge in [-0.2, -0.15) is 0 Å². The largest absolute Gasteiger partial charge is 0.487 e. The first-order valence-electron chi connectivity index (χ1n) is 12.0. The summed E-state index contributed by atoms with van der Waals surface area (Å²) in [7, 11) is -3.42. The third-order valence-corrected chi connectivity index (χ3v) is 8.83. The number of sulfonamides is 1. The molecule has 0 bridgehead atoms. The SMILES string of the molecule is Cc1cc(-n2ccnc2)c2cccc(OCc3c(Cl)cncc3CNS(=O)(=O)C3CCCCC3)c2n1. The minimum absolute atomic E-state index is 0.114. The molecule has 5 rings (SSSR count). The van der Waals surface area contributed by atoms with Crippen LogP contribution in [0.25, 0.3) is 16.6 Å². The molecule has 0 unspecified atom stereocenters. The van der Waals surface area contributed by atoms with Crippen molar-refractivity contribution in [3.8, 4) is 11.4 Å². The number of nitrogens with one attached hydrogen (secondary N) is 1. The molecule has 0 radical (unpaired) electrons. The van der Waals surface area contributed by atoms with Crippen LogP contribution in [0.2, 0.25) is 5.02 Å². The summed E-state index contributed by atoms with van der Waals surface area (Å²) in [4.78, 5) is 13.1. The molecule has 0 atom stereocenters. The molecule has 1 aromatic carbocycles. The first-order chi connectivity index (χ1) is 17.4. The van der Waals surface area contributed by atoms with Crippen molar-refractivity contribution in [3.63, 3.8) is 0 Å². The molecule has 1 aliphatic carbocycles. The average Bonchev–Trinajstić information content (AvgIpc) is 3.42. The Morgan fingerprint density at radius 1 is 1.17 bits per heavy atom. The fourth-order valence-corrected chi connectivity index (χ4v) is 6.48. The van der Waals surface area contributed by atoms with Gasteiger partial charge >= 0.3 is 0 Å². The standard InChI is InChI=1S/C26H28ClN5O3S/c1-18-12-24(32-11-10-28-17-32)21-8-5-9-25(26(21)31-18)35-16-22-19(13-29-15-23(22)27)14-30-36(33,34)20-6-3-2-4-7-20/h5,8-13,15,17,20,30H,2-4,6-7,14,16H2,1H3. The Bertz CT molecular complexity index is 1470. The number of rotatable bonds is 8. The van der Waals surface area contributed by atoms with Crippen molar-refractivity contribution in [2.45, 2.75) is 57.4 Å². The zero-order valence-corrected chi connectivity index (χ0v) is 21.6. The maximum absolute atomic E-state index is 12.8. The van der Waals surface area contributed by atoms with Crippen molar-refractivity contribution in [2.24, 2.45) is 0 Å². The molecule has 3 heterocycles. The highest BCUT2D eigenvalue weighted by Crippen LogP contribution is 2.31. The Hall–Kier alpha value is -3.01. The van der Waals surface area contributed by atoms with Crippen LogP contribution < -0.4 is 9.46 Å². The van der Waals surface area contributed by atoms with Gasteiger partial charge in [-0.25, -0.2) is 23.1 Å². The van der Waals surface area contributed by atoms with Crippen LogP contribution in [0.15, 0.2) is 55.4 Å². The van der Waals surface area contributed by atoms with Gasteiger partial charge in [0.05, 0.1) is 22.3 Å². The van der Waals surface area contributed by atoms with Gasteiger partial charge in [0, 0.05) is 48.0 Å². The van der Waals surface area contributed by atoms with Crippen LogP contribution in [0, 0.1) is 6.92 Å². The number of aryl methyl sites for hydroxylation is 1. The van der Waals surface area contributed by atoms with E-state index >= 15 is 0 Å². The Morgan fingerprint density at radius 3 is 2.78 bits per heavy atom. The van der Waals surface area contributed by atoms with E-state index in [1.54, 1.807) is 24.9 Å². The van der Waals surface area contributed by atoms with Gasteiger partial charge in [0.2, 0.25) is 10.0 Å². The maximum atomic E-state index is 12.8. The molecule has 1 N–H and O–H groups in total. The number of pyridine rings is 2. The number of nitrogens with zero attached hydrogens (tertiary/aromatic N) is 4. The van der Waals surface area contributed by atoms with Gasteiger partial charge in [-0.05, 0) is 37.5 Å². The molecule has 10 heteroatoms. The molecule has 0 amide bonds. The molecule has 0 saturated heterocycles. The minimum Gasteiger partial charge on any atom is -0.487 e. The molecule has 188 valence electrons. The number of halogens is 1. The average molecular weight is 526 g/mol. The predicted octanol–water partition coefficient (Wildman–Crippen LogP) is 5.11. The van der Waals surface area contributed by atoms with Crippen molar-refractivity contribution < 1.29 is 13.2 Å². The predicted molar refractivity (Wildman–Crippen MR) is 140 cm³/mol. The van der Waals surface area contributed by atoms with E-state index in [1.165, 1.54) is 0 Å². The molecule has 8 nitrogen and oxygen atoms in total. The number of ether oxygens (including phenoxy) is 1. The zero-order valence-electron chi connectivity index (χ0n) is 20.0. The highest BCUT2D eigenvalue weighted by Gasteiger charge is 2.27. The lowest BCUT2D eigenvalue weighted by atomic mass is 10.0. The van der Waals surface area contributed by atoms with E-state index < -0.39 is 10.0 Å². The van der Waals surface area contributed by atoms with Crippen LogP contribution in [-0.2, 0) is 23.2 Å². The molecule has 0 spiro atoms. The lowest BCUT2D eigenvalue weighted by molar-refractivity contribution is 0.308. The van der Waals surface area contributed by atoms with Gasteiger partial charge < -0.3 is 9.30 Å². The maximum Gasteiger partial charge on any atom is 0.214 e. The molecule has 4 aromatic rings. The lowest BCUT2D eigenvalue weighted by Gasteiger charge is -2.22. The number of imidazole rings is 1. The second kappa shape index (κ2) is 10.5. The fraction of sp³-hybridized carbons (Fsp3) is 0.346. The number of para-hydroxylation sites is 1. The van der Waals surface area contributed by atoms with Crippen LogP contribution in [0.1, 0.15) is 48.9 Å². The summed E-state index contributed by atoms with van der Waals surface area (Å²) in [5.41, 5.74) is 3.91. The first-order valence-corrected chi connectivity index (χ1v) is 14.0. The summed E-state index contributed by atoms with van der Waals surface area (Å²) in [6.45, 7) is 2.20. The van der Waals surface area contributed by atoms with E-state index in [0.717, 1.165) is 41.5 Å². The normalized spacial score (nSPS) is 14.8. The fourth-order valence-electron chi connectivity index (χ4n) is 4.70. The van der Waals surface area contributed by atoms with Crippen molar-refractivity contribution in [2.75, 3.05) is 0 Å². The van der Waals surface area contributed by atoms with Gasteiger partial charge in [0.15, 0.2) is 0 Å². The van der Waals surface area contributed by atoms with Crippen molar-refractivity contribution >= 4 is 32.5 Å². The molecule has 1 aliphatic rings. The summed E-state index contributed by atoms with van der Waals surface area (Å²) in [6, 6.07) is 7.79. The molecule has 0 aliphatic heterocycles. The molecule has 3 aromatic heterocycles. The Morgan fingerprint density at radius 2 is 2.00 bits per heavy atom. The number of benzene rings is 1. The van der Waals surface area contributed by atoms with E-state index in [0.29, 0.717) is 34.7 Å². The number of aromatic nitrogens is 4. The van der Waals surface area contributed by atoms with E-state index in [9.17, 15) is 8.42 Å². The molecular formula is C26H28ClN5O3S. The quantitative estimate of drug-likeness (QED) is 0.343. The molecule has 1 saturated carbocycles. The number of hydrogen-bond donors (Lipinski definition) is 1. The van der Waals surface area contributed by atoms with Gasteiger partial charge in [0.1, 0.15) is 17.9 Å². The second-order valence-electron chi connectivity index (χ2n) is 9.08. The highest BCUT2D eigenvalue weighted by atomic mass is 35.5. The first kappa shape index (κ1) is 24.7. The molecular weight excluding hydrogens is 498 g/mol. The van der Waals surface area contributed by atoms with Crippen LogP contribution >= 0.6 is 11.6 Å². The third-order valence-electron chi connectivity index (χ3n) is 6.61. The van der Waals surface area contributed by atoms with Crippen LogP contribution in [0.3, 0.4) is 0 Å². The van der Waals surface area contributed by atoms with Crippen molar-refractivity contribution in [1.82, 2.24) is 24.2 Å². The van der Waals surface area contributed by atoms with E-state index in [1.807, 2.05) is 42.0 Å². The van der Waals surface area contributed by atoms with Crippen LogP contribution in [0.4, 0.5) is 0 Å². The Kier molecular flexibility index (Phi) is 7.22. The van der Waals surface area contributed by atoms with Crippen molar-refractivity contribution in [3.05, 3.63) is 77.2 Å². The van der Waals surface area contributed by atoms with E-state index in [-0.39, 0.29) is 18.4 Å². The van der Waals surface area contributed by atoms with E-state index in [2.05, 4.69) is 14.7 Å². The summed E-state index contributed by atoms with van der Waals surface area (Å²) in [6.07, 6.45) is 12.9. The van der Waals surface area contributed by atoms with Crippen LogP contribution in [-0.4, -0.2) is 33.2 Å². The summed E-state index contributed by atoms with van der Waals surface area (Å²) in [5, 5.41) is 1.01. The minimum atomic E-state index is -3.42. The van der Waals surface area contributed by atoms with Crippen LogP contribution in [0.5, 0.6) is 5.75 Å². The third kappa shape index (κ3) is 5.23. The van der Waals surface area contributed by atoms with E-state index in [4.69, 9.17) is 21.3 Å².